The fourth-order valence-corrected chi connectivity index (χ4v) is 1.66. The van der Waals surface area contributed by atoms with Gasteiger partial charge in [-0.3, -0.25) is 9.91 Å². The molecule has 0 bridgehead atoms. The molecule has 0 amide bonds. The van der Waals surface area contributed by atoms with E-state index in [1.807, 2.05) is 0 Å². The first-order valence-corrected chi connectivity index (χ1v) is 4.36. The van der Waals surface area contributed by atoms with Crippen LogP contribution < -0.4 is 0 Å². The fraction of sp³-hybridized carbons (Fsp3) is 0.875. The van der Waals surface area contributed by atoms with Crippen molar-refractivity contribution >= 4 is 6.72 Å². The molecule has 3 nitrogen and oxygen atoms in total. The Balaban J connectivity index is 1.79. The Hall–Kier alpha value is -0.570. The van der Waals surface area contributed by atoms with E-state index in [2.05, 4.69) is 21.7 Å². The van der Waals surface area contributed by atoms with Gasteiger partial charge in [0.1, 0.15) is 0 Å². The third-order valence-electron chi connectivity index (χ3n) is 2.55. The molecule has 1 heterocycles. The topological polar surface area (TPSA) is 18.8 Å². The number of hydrogen-bond donors (Lipinski definition) is 0. The monoisotopic (exact) mass is 153 g/mol. The normalized spacial score (nSPS) is 27.1. The molecule has 62 valence electrons. The lowest BCUT2D eigenvalue weighted by atomic mass is 10.3. The molecule has 0 aromatic heterocycles. The first-order chi connectivity index (χ1) is 5.40. The van der Waals surface area contributed by atoms with E-state index >= 15 is 0 Å². The number of rotatable bonds is 2. The minimum atomic E-state index is 0.918. The Bertz CT molecular complexity index is 145. The van der Waals surface area contributed by atoms with Crippen LogP contribution in [0.2, 0.25) is 0 Å². The van der Waals surface area contributed by atoms with Crippen LogP contribution in [0, 0.1) is 0 Å². The van der Waals surface area contributed by atoms with E-state index < -0.39 is 0 Å². The highest BCUT2D eigenvalue weighted by Gasteiger charge is 2.30. The average Bonchev–Trinajstić information content (AvgIpc) is 2.87. The smallest absolute Gasteiger partial charge is 0.0488 e. The lowest BCUT2D eigenvalue weighted by molar-refractivity contribution is 0.131. The van der Waals surface area contributed by atoms with Crippen LogP contribution in [0.5, 0.6) is 0 Å². The molecule has 0 unspecified atom stereocenters. The Morgan fingerprint density at radius 2 is 1.73 bits per heavy atom. The number of piperazine rings is 1. The summed E-state index contributed by atoms with van der Waals surface area (Å²) in [6.45, 7) is 8.03. The molecule has 0 spiro atoms. The Morgan fingerprint density at radius 1 is 1.09 bits per heavy atom. The van der Waals surface area contributed by atoms with E-state index in [1.165, 1.54) is 25.9 Å². The van der Waals surface area contributed by atoms with Gasteiger partial charge in [-0.1, -0.05) is 0 Å². The van der Waals surface area contributed by atoms with Crippen molar-refractivity contribution < 1.29 is 0 Å². The number of hydrogen-bond acceptors (Lipinski definition) is 3. The van der Waals surface area contributed by atoms with Gasteiger partial charge in [0.05, 0.1) is 0 Å². The molecular formula is C8H15N3. The van der Waals surface area contributed by atoms with Crippen LogP contribution in [0.25, 0.3) is 0 Å². The van der Waals surface area contributed by atoms with Crippen LogP contribution in [0.4, 0.5) is 0 Å². The molecule has 0 aromatic rings. The van der Waals surface area contributed by atoms with Crippen LogP contribution in [-0.2, 0) is 0 Å². The summed E-state index contributed by atoms with van der Waals surface area (Å²) < 4.78 is 0. The highest BCUT2D eigenvalue weighted by molar-refractivity contribution is 5.22. The summed E-state index contributed by atoms with van der Waals surface area (Å²) in [6.07, 6.45) is 2.84. The maximum absolute atomic E-state index is 3.92. The van der Waals surface area contributed by atoms with E-state index in [9.17, 15) is 0 Å². The average molecular weight is 153 g/mol. The predicted octanol–water partition coefficient (Wildman–Crippen LogP) is 0.382. The van der Waals surface area contributed by atoms with Gasteiger partial charge < -0.3 is 0 Å². The van der Waals surface area contributed by atoms with E-state index in [0.29, 0.717) is 0 Å². The summed E-state index contributed by atoms with van der Waals surface area (Å²) in [6, 6.07) is 0.918. The predicted molar refractivity (Wildman–Crippen MR) is 45.7 cm³/mol. The quantitative estimate of drug-likeness (QED) is 0.534. The van der Waals surface area contributed by atoms with Crippen molar-refractivity contribution in [3.63, 3.8) is 0 Å². The lowest BCUT2D eigenvalue weighted by Gasteiger charge is -2.32. The highest BCUT2D eigenvalue weighted by atomic mass is 15.5. The van der Waals surface area contributed by atoms with E-state index in [1.54, 1.807) is 0 Å². The van der Waals surface area contributed by atoms with E-state index in [0.717, 1.165) is 19.1 Å². The highest BCUT2D eigenvalue weighted by Crippen LogP contribution is 2.27. The van der Waals surface area contributed by atoms with Crippen LogP contribution in [0.3, 0.4) is 0 Å². The minimum Gasteiger partial charge on any atom is -0.297 e. The molecule has 0 radical (unpaired) electrons. The van der Waals surface area contributed by atoms with Gasteiger partial charge in [-0.2, -0.15) is 5.10 Å². The van der Waals surface area contributed by atoms with Crippen molar-refractivity contribution in [2.75, 3.05) is 26.2 Å². The van der Waals surface area contributed by atoms with Crippen LogP contribution in [0.15, 0.2) is 5.10 Å². The molecule has 0 atom stereocenters. The Kier molecular flexibility index (Phi) is 1.82. The molecule has 3 heteroatoms. The van der Waals surface area contributed by atoms with Gasteiger partial charge in [0.2, 0.25) is 0 Å². The number of nitrogens with zero attached hydrogens (tertiary/aromatic N) is 3. The third kappa shape index (κ3) is 1.53. The second kappa shape index (κ2) is 2.81. The van der Waals surface area contributed by atoms with Crippen molar-refractivity contribution in [3.05, 3.63) is 0 Å². The SMILES string of the molecule is C=NN1CCN(C2CC2)CC1. The molecule has 0 N–H and O–H groups in total. The fourth-order valence-electron chi connectivity index (χ4n) is 1.66. The summed E-state index contributed by atoms with van der Waals surface area (Å²) in [5.41, 5.74) is 0. The summed E-state index contributed by atoms with van der Waals surface area (Å²) in [4.78, 5) is 2.57. The lowest BCUT2D eigenvalue weighted by Crippen LogP contribution is -2.44. The summed E-state index contributed by atoms with van der Waals surface area (Å²) >= 11 is 0. The van der Waals surface area contributed by atoms with E-state index in [4.69, 9.17) is 0 Å². The molecule has 2 rings (SSSR count). The van der Waals surface area contributed by atoms with Crippen molar-refractivity contribution in [2.24, 2.45) is 5.10 Å². The Morgan fingerprint density at radius 3 is 2.18 bits per heavy atom. The third-order valence-corrected chi connectivity index (χ3v) is 2.55. The molecule has 11 heavy (non-hydrogen) atoms. The van der Waals surface area contributed by atoms with Crippen molar-refractivity contribution in [3.8, 4) is 0 Å². The molecule has 2 fully saturated rings. The van der Waals surface area contributed by atoms with Gasteiger partial charge >= 0.3 is 0 Å². The van der Waals surface area contributed by atoms with Crippen molar-refractivity contribution in [1.82, 2.24) is 9.91 Å². The van der Waals surface area contributed by atoms with Gasteiger partial charge in [-0.05, 0) is 12.8 Å². The van der Waals surface area contributed by atoms with Crippen LogP contribution in [0.1, 0.15) is 12.8 Å². The molecule has 1 saturated carbocycles. The van der Waals surface area contributed by atoms with Gasteiger partial charge in [0.15, 0.2) is 0 Å². The summed E-state index contributed by atoms with van der Waals surface area (Å²) in [7, 11) is 0. The van der Waals surface area contributed by atoms with Crippen LogP contribution >= 0.6 is 0 Å². The van der Waals surface area contributed by atoms with Gasteiger partial charge in [0, 0.05) is 38.9 Å². The summed E-state index contributed by atoms with van der Waals surface area (Å²) in [5.74, 6) is 0. The maximum atomic E-state index is 3.92. The van der Waals surface area contributed by atoms with Gasteiger partial charge in [-0.15, -0.1) is 0 Å². The Labute approximate surface area is 67.7 Å². The zero-order valence-electron chi connectivity index (χ0n) is 6.87. The molecule has 1 aliphatic heterocycles. The maximum Gasteiger partial charge on any atom is 0.0488 e. The van der Waals surface area contributed by atoms with Gasteiger partial charge in [0.25, 0.3) is 0 Å². The first-order valence-electron chi connectivity index (χ1n) is 4.36. The van der Waals surface area contributed by atoms with Crippen molar-refractivity contribution in [2.45, 2.75) is 18.9 Å². The second-order valence-corrected chi connectivity index (χ2v) is 3.36. The van der Waals surface area contributed by atoms with Crippen LogP contribution in [-0.4, -0.2) is 48.8 Å². The zero-order chi connectivity index (χ0) is 7.68. The number of hydrazone groups is 1. The van der Waals surface area contributed by atoms with Crippen molar-refractivity contribution in [1.29, 1.82) is 0 Å². The van der Waals surface area contributed by atoms with E-state index in [-0.39, 0.29) is 0 Å². The standard InChI is InChI=1S/C8H15N3/c1-9-11-6-4-10(5-7-11)8-2-3-8/h8H,1-7H2. The molecule has 2 aliphatic rings. The molecule has 0 aromatic carbocycles. The molecule has 1 aliphatic carbocycles. The zero-order valence-corrected chi connectivity index (χ0v) is 6.87. The van der Waals surface area contributed by atoms with Gasteiger partial charge in [-0.25, -0.2) is 0 Å². The first kappa shape index (κ1) is 7.10. The minimum absolute atomic E-state index is 0.918. The largest absolute Gasteiger partial charge is 0.297 e. The summed E-state index contributed by atoms with van der Waals surface area (Å²) in [5, 5.41) is 5.97. The molecular weight excluding hydrogens is 138 g/mol. The second-order valence-electron chi connectivity index (χ2n) is 3.36. The molecule has 1 saturated heterocycles.